The van der Waals surface area contributed by atoms with Gasteiger partial charge in [-0.15, -0.1) is 23.1 Å². The van der Waals surface area contributed by atoms with Gasteiger partial charge in [-0.1, -0.05) is 12.1 Å². The second kappa shape index (κ2) is 8.21. The zero-order valence-electron chi connectivity index (χ0n) is 14.2. The summed E-state index contributed by atoms with van der Waals surface area (Å²) in [7, 11) is 1.42. The van der Waals surface area contributed by atoms with Crippen LogP contribution >= 0.6 is 35.3 Å². The molecule has 0 radical (unpaired) electrons. The fourth-order valence-electron chi connectivity index (χ4n) is 2.98. The van der Waals surface area contributed by atoms with Crippen molar-refractivity contribution < 1.29 is 9.53 Å². The highest BCUT2D eigenvalue weighted by Crippen LogP contribution is 2.38. The second-order valence-corrected chi connectivity index (χ2v) is 8.05. The summed E-state index contributed by atoms with van der Waals surface area (Å²) in [5.74, 6) is -0.297. The predicted octanol–water partition coefficient (Wildman–Crippen LogP) is 4.94. The van der Waals surface area contributed by atoms with Crippen LogP contribution in [0.25, 0.3) is 0 Å². The third-order valence-corrected chi connectivity index (χ3v) is 6.35. The van der Waals surface area contributed by atoms with Gasteiger partial charge in [-0.25, -0.2) is 4.79 Å². The molecule has 0 spiro atoms. The fourth-order valence-corrected chi connectivity index (χ4v) is 5.09. The van der Waals surface area contributed by atoms with Gasteiger partial charge in [0.25, 0.3) is 0 Å². The van der Waals surface area contributed by atoms with Gasteiger partial charge < -0.3 is 15.4 Å². The van der Waals surface area contributed by atoms with Crippen LogP contribution in [0.1, 0.15) is 33.6 Å². The van der Waals surface area contributed by atoms with Crippen LogP contribution in [0.5, 0.6) is 0 Å². The quantitative estimate of drug-likeness (QED) is 0.436. The zero-order valence-corrected chi connectivity index (χ0v) is 16.6. The van der Waals surface area contributed by atoms with Crippen LogP contribution in [0.4, 0.5) is 10.7 Å². The molecule has 0 amide bonds. The highest BCUT2D eigenvalue weighted by molar-refractivity contribution is 7.98. The van der Waals surface area contributed by atoms with Crippen molar-refractivity contribution in [3.8, 4) is 0 Å². The van der Waals surface area contributed by atoms with Gasteiger partial charge in [0, 0.05) is 9.77 Å². The summed E-state index contributed by atoms with van der Waals surface area (Å²) in [5.41, 5.74) is 2.72. The minimum atomic E-state index is -0.297. The molecule has 0 saturated carbocycles. The lowest BCUT2D eigenvalue weighted by molar-refractivity contribution is 0.0601. The van der Waals surface area contributed by atoms with E-state index in [9.17, 15) is 4.79 Å². The van der Waals surface area contributed by atoms with Crippen molar-refractivity contribution in [2.24, 2.45) is 0 Å². The summed E-state index contributed by atoms with van der Waals surface area (Å²) < 4.78 is 5.00. The van der Waals surface area contributed by atoms with Crippen molar-refractivity contribution in [1.82, 2.24) is 0 Å². The van der Waals surface area contributed by atoms with Crippen molar-refractivity contribution >= 4 is 57.1 Å². The molecule has 2 N–H and O–H groups in total. The first-order valence-electron chi connectivity index (χ1n) is 8.08. The Labute approximate surface area is 161 Å². The van der Waals surface area contributed by atoms with Crippen LogP contribution in [0, 0.1) is 0 Å². The number of esters is 1. The van der Waals surface area contributed by atoms with E-state index in [4.69, 9.17) is 17.0 Å². The summed E-state index contributed by atoms with van der Waals surface area (Å²) in [5, 5.41) is 7.69. The molecule has 1 aromatic carbocycles. The van der Waals surface area contributed by atoms with Crippen LogP contribution in [0.15, 0.2) is 29.2 Å². The number of nitrogens with one attached hydrogen (secondary N) is 2. The molecular formula is C18H20N2O2S3. The lowest BCUT2D eigenvalue weighted by Crippen LogP contribution is -2.20. The summed E-state index contributed by atoms with van der Waals surface area (Å²) in [6.07, 6.45) is 6.24. The third kappa shape index (κ3) is 3.99. The van der Waals surface area contributed by atoms with Crippen LogP contribution in [0.3, 0.4) is 0 Å². The Balaban J connectivity index is 1.83. The SMILES string of the molecule is COC(=O)c1c(NC(=S)Nc2ccccc2SC)sc2c1CCCC2. The highest BCUT2D eigenvalue weighted by Gasteiger charge is 2.26. The van der Waals surface area contributed by atoms with E-state index in [0.717, 1.165) is 46.8 Å². The number of fused-ring (bicyclic) bond motifs is 1. The predicted molar refractivity (Wildman–Crippen MR) is 110 cm³/mol. The molecule has 1 aliphatic carbocycles. The molecule has 0 atom stereocenters. The van der Waals surface area contributed by atoms with Crippen molar-refractivity contribution in [2.45, 2.75) is 30.6 Å². The molecule has 3 rings (SSSR count). The highest BCUT2D eigenvalue weighted by atomic mass is 32.2. The number of carbonyl (C=O) groups excluding carboxylic acids is 1. The Hall–Kier alpha value is -1.57. The number of anilines is 2. The van der Waals surface area contributed by atoms with E-state index in [1.807, 2.05) is 30.5 Å². The Morgan fingerprint density at radius 2 is 2.00 bits per heavy atom. The van der Waals surface area contributed by atoms with E-state index >= 15 is 0 Å². The molecule has 0 unspecified atom stereocenters. The second-order valence-electron chi connectivity index (χ2n) is 5.69. The molecular weight excluding hydrogens is 372 g/mol. The van der Waals surface area contributed by atoms with Gasteiger partial charge in [0.2, 0.25) is 0 Å². The van der Waals surface area contributed by atoms with Crippen molar-refractivity contribution in [2.75, 3.05) is 24.0 Å². The number of para-hydroxylation sites is 1. The van der Waals surface area contributed by atoms with E-state index in [1.165, 1.54) is 12.0 Å². The smallest absolute Gasteiger partial charge is 0.341 e. The van der Waals surface area contributed by atoms with E-state index in [2.05, 4.69) is 10.6 Å². The number of thioether (sulfide) groups is 1. The van der Waals surface area contributed by atoms with Crippen LogP contribution < -0.4 is 10.6 Å². The number of thiocarbonyl (C=S) groups is 1. The molecule has 0 bridgehead atoms. The van der Waals surface area contributed by atoms with E-state index in [1.54, 1.807) is 23.1 Å². The average Bonchev–Trinajstić information content (AvgIpc) is 2.99. The minimum absolute atomic E-state index is 0.297. The molecule has 2 aromatic rings. The molecule has 0 saturated heterocycles. The molecule has 4 nitrogen and oxygen atoms in total. The Morgan fingerprint density at radius 1 is 1.24 bits per heavy atom. The van der Waals surface area contributed by atoms with Crippen LogP contribution in [-0.4, -0.2) is 24.4 Å². The first-order valence-corrected chi connectivity index (χ1v) is 10.5. The minimum Gasteiger partial charge on any atom is -0.465 e. The number of benzene rings is 1. The topological polar surface area (TPSA) is 50.4 Å². The number of aryl methyl sites for hydroxylation is 1. The third-order valence-electron chi connectivity index (χ3n) is 4.14. The lowest BCUT2D eigenvalue weighted by Gasteiger charge is -2.13. The molecule has 132 valence electrons. The fraction of sp³-hybridized carbons (Fsp3) is 0.333. The van der Waals surface area contributed by atoms with Gasteiger partial charge in [-0.2, -0.15) is 0 Å². The first-order chi connectivity index (χ1) is 12.1. The van der Waals surface area contributed by atoms with Crippen LogP contribution in [0.2, 0.25) is 0 Å². The average molecular weight is 393 g/mol. The maximum atomic E-state index is 12.3. The first kappa shape index (κ1) is 18.2. The number of rotatable bonds is 4. The molecule has 1 aliphatic rings. The maximum Gasteiger partial charge on any atom is 0.341 e. The number of hydrogen-bond acceptors (Lipinski definition) is 5. The van der Waals surface area contributed by atoms with Gasteiger partial charge in [-0.3, -0.25) is 0 Å². The van der Waals surface area contributed by atoms with Crippen molar-refractivity contribution in [1.29, 1.82) is 0 Å². The molecule has 0 aliphatic heterocycles. The zero-order chi connectivity index (χ0) is 17.8. The molecule has 0 fully saturated rings. The number of carbonyl (C=O) groups is 1. The molecule has 1 heterocycles. The Bertz CT molecular complexity index is 802. The monoisotopic (exact) mass is 392 g/mol. The Kier molecular flexibility index (Phi) is 5.98. The number of thiophene rings is 1. The van der Waals surface area contributed by atoms with E-state index < -0.39 is 0 Å². The van der Waals surface area contributed by atoms with Gasteiger partial charge in [-0.05, 0) is 61.9 Å². The summed E-state index contributed by atoms with van der Waals surface area (Å²) >= 11 is 8.74. The van der Waals surface area contributed by atoms with Gasteiger partial charge in [0.15, 0.2) is 5.11 Å². The van der Waals surface area contributed by atoms with Gasteiger partial charge in [0.1, 0.15) is 5.00 Å². The van der Waals surface area contributed by atoms with Crippen molar-refractivity contribution in [3.05, 3.63) is 40.3 Å². The molecule has 1 aromatic heterocycles. The number of ether oxygens (including phenoxy) is 1. The maximum absolute atomic E-state index is 12.3. The van der Waals surface area contributed by atoms with E-state index in [0.29, 0.717) is 10.7 Å². The summed E-state index contributed by atoms with van der Waals surface area (Å²) in [4.78, 5) is 14.7. The normalized spacial score (nSPS) is 13.0. The standard InChI is InChI=1S/C18H20N2O2S3/c1-22-17(21)15-11-7-3-5-9-13(11)25-16(15)20-18(23)19-12-8-4-6-10-14(12)24-2/h4,6,8,10H,3,5,7,9H2,1-2H3,(H2,19,20,23). The van der Waals surface area contributed by atoms with E-state index in [-0.39, 0.29) is 5.97 Å². The van der Waals surface area contributed by atoms with Crippen molar-refractivity contribution in [3.63, 3.8) is 0 Å². The number of methoxy groups -OCH3 is 1. The largest absolute Gasteiger partial charge is 0.465 e. The van der Waals surface area contributed by atoms with Gasteiger partial charge >= 0.3 is 5.97 Å². The Morgan fingerprint density at radius 3 is 2.76 bits per heavy atom. The van der Waals surface area contributed by atoms with Crippen LogP contribution in [-0.2, 0) is 17.6 Å². The summed E-state index contributed by atoms with van der Waals surface area (Å²) in [6, 6.07) is 7.99. The summed E-state index contributed by atoms with van der Waals surface area (Å²) in [6.45, 7) is 0. The number of hydrogen-bond donors (Lipinski definition) is 2. The molecule has 7 heteroatoms. The van der Waals surface area contributed by atoms with Gasteiger partial charge in [0.05, 0.1) is 18.4 Å². The lowest BCUT2D eigenvalue weighted by atomic mass is 9.95. The molecule has 25 heavy (non-hydrogen) atoms.